The number of Topliss-reactive ketones (excluding diaryl/α,β-unsaturated/α-hetero) is 1. The number of aromatic nitrogens is 1. The molecule has 2 rings (SSSR count). The molecule has 1 N–H and O–H groups in total. The maximum Gasteiger partial charge on any atom is 0.178 e. The van der Waals surface area contributed by atoms with Crippen LogP contribution in [0.2, 0.25) is 0 Å². The second-order valence-electron chi connectivity index (χ2n) is 4.55. The smallest absolute Gasteiger partial charge is 0.178 e. The minimum Gasteiger partial charge on any atom is -0.318 e. The van der Waals surface area contributed by atoms with Crippen LogP contribution in [-0.4, -0.2) is 23.9 Å². The zero-order valence-electron chi connectivity index (χ0n) is 11.3. The summed E-state index contributed by atoms with van der Waals surface area (Å²) >= 11 is 0. The largest absolute Gasteiger partial charge is 0.318 e. The van der Waals surface area contributed by atoms with Gasteiger partial charge in [0.15, 0.2) is 5.78 Å². The highest BCUT2D eigenvalue weighted by atomic mass is 19.1. The molecule has 19 heavy (non-hydrogen) atoms. The van der Waals surface area contributed by atoms with Crippen molar-refractivity contribution >= 4 is 5.78 Å². The molecule has 0 saturated carbocycles. The second-order valence-corrected chi connectivity index (χ2v) is 4.55. The highest BCUT2D eigenvalue weighted by Crippen LogP contribution is 2.21. The summed E-state index contributed by atoms with van der Waals surface area (Å²) in [5.74, 6) is -0.207. The van der Waals surface area contributed by atoms with Crippen LogP contribution in [-0.2, 0) is 0 Å². The van der Waals surface area contributed by atoms with Crippen molar-refractivity contribution in [2.24, 2.45) is 0 Å². The van der Waals surface area contributed by atoms with Crippen LogP contribution in [0.15, 0.2) is 30.3 Å². The summed E-state index contributed by atoms with van der Waals surface area (Å²) in [6.07, 6.45) is 0. The number of rotatable bonds is 4. The van der Waals surface area contributed by atoms with Crippen molar-refractivity contribution in [3.63, 3.8) is 0 Å². The van der Waals surface area contributed by atoms with Gasteiger partial charge in [-0.1, -0.05) is 0 Å². The van der Waals surface area contributed by atoms with Gasteiger partial charge in [0.2, 0.25) is 0 Å². The van der Waals surface area contributed by atoms with Crippen LogP contribution in [0.5, 0.6) is 0 Å². The molecule has 0 atom stereocenters. The molecule has 0 aliphatic heterocycles. The first kappa shape index (κ1) is 13.5. The van der Waals surface area contributed by atoms with Crippen molar-refractivity contribution in [3.05, 3.63) is 53.1 Å². The van der Waals surface area contributed by atoms with Gasteiger partial charge in [-0.2, -0.15) is 0 Å². The van der Waals surface area contributed by atoms with Gasteiger partial charge < -0.3 is 9.88 Å². The Morgan fingerprint density at radius 2 is 1.89 bits per heavy atom. The Hall–Kier alpha value is -1.94. The number of carbonyl (C=O) groups excluding carboxylic acids is 1. The van der Waals surface area contributed by atoms with Gasteiger partial charge in [-0.25, -0.2) is 4.39 Å². The van der Waals surface area contributed by atoms with E-state index in [1.807, 2.05) is 24.5 Å². The molecule has 2 aromatic rings. The normalized spacial score (nSPS) is 10.7. The highest BCUT2D eigenvalue weighted by Gasteiger charge is 2.15. The first-order valence-electron chi connectivity index (χ1n) is 6.17. The Morgan fingerprint density at radius 1 is 1.26 bits per heavy atom. The summed E-state index contributed by atoms with van der Waals surface area (Å²) in [4.78, 5) is 12.0. The number of hydrogen-bond acceptors (Lipinski definition) is 2. The number of aryl methyl sites for hydroxylation is 1. The monoisotopic (exact) mass is 260 g/mol. The van der Waals surface area contributed by atoms with E-state index in [1.165, 1.54) is 12.1 Å². The molecule has 0 saturated heterocycles. The number of likely N-dealkylation sites (N-methyl/N-ethyl adjacent to an activating group) is 1. The maximum absolute atomic E-state index is 13.0. The number of nitrogens with one attached hydrogen (secondary N) is 1. The number of halogens is 1. The van der Waals surface area contributed by atoms with E-state index in [-0.39, 0.29) is 11.6 Å². The van der Waals surface area contributed by atoms with Gasteiger partial charge in [0.1, 0.15) is 5.82 Å². The summed E-state index contributed by atoms with van der Waals surface area (Å²) in [6.45, 7) is 4.15. The second kappa shape index (κ2) is 5.36. The maximum atomic E-state index is 13.0. The molecule has 0 radical (unpaired) electrons. The van der Waals surface area contributed by atoms with Gasteiger partial charge in [-0.3, -0.25) is 4.79 Å². The third kappa shape index (κ3) is 2.58. The Balaban J connectivity index is 2.47. The van der Waals surface area contributed by atoms with Crippen molar-refractivity contribution in [2.45, 2.75) is 13.8 Å². The van der Waals surface area contributed by atoms with Crippen LogP contribution in [0.25, 0.3) is 5.69 Å². The third-order valence-electron chi connectivity index (χ3n) is 3.15. The van der Waals surface area contributed by atoms with E-state index in [9.17, 15) is 9.18 Å². The van der Waals surface area contributed by atoms with Crippen LogP contribution in [0.1, 0.15) is 21.7 Å². The van der Waals surface area contributed by atoms with Crippen molar-refractivity contribution in [1.82, 2.24) is 9.88 Å². The molecule has 1 aromatic carbocycles. The average molecular weight is 260 g/mol. The molecular formula is C15H17FN2O. The lowest BCUT2D eigenvalue weighted by Crippen LogP contribution is -2.19. The van der Waals surface area contributed by atoms with E-state index in [1.54, 1.807) is 19.2 Å². The van der Waals surface area contributed by atoms with Crippen LogP contribution in [0, 0.1) is 19.7 Å². The number of benzene rings is 1. The van der Waals surface area contributed by atoms with Crippen molar-refractivity contribution in [3.8, 4) is 5.69 Å². The van der Waals surface area contributed by atoms with Crippen molar-refractivity contribution in [2.75, 3.05) is 13.6 Å². The summed E-state index contributed by atoms with van der Waals surface area (Å²) in [6, 6.07) is 8.13. The first-order chi connectivity index (χ1) is 9.04. The minimum atomic E-state index is -0.266. The van der Waals surface area contributed by atoms with E-state index < -0.39 is 0 Å². The van der Waals surface area contributed by atoms with E-state index in [0.29, 0.717) is 12.1 Å². The zero-order valence-corrected chi connectivity index (χ0v) is 11.3. The molecule has 1 heterocycles. The zero-order chi connectivity index (χ0) is 14.0. The Bertz CT molecular complexity index is 599. The Kier molecular flexibility index (Phi) is 3.81. The predicted molar refractivity (Wildman–Crippen MR) is 73.5 cm³/mol. The fourth-order valence-corrected chi connectivity index (χ4v) is 2.29. The molecule has 1 aromatic heterocycles. The molecule has 0 bridgehead atoms. The molecule has 0 unspecified atom stereocenters. The topological polar surface area (TPSA) is 34.0 Å². The lowest BCUT2D eigenvalue weighted by Gasteiger charge is -2.09. The Morgan fingerprint density at radius 3 is 2.47 bits per heavy atom. The third-order valence-corrected chi connectivity index (χ3v) is 3.15. The molecule has 0 spiro atoms. The predicted octanol–water partition coefficient (Wildman–Crippen LogP) is 2.64. The summed E-state index contributed by atoms with van der Waals surface area (Å²) in [5, 5.41) is 2.86. The first-order valence-corrected chi connectivity index (χ1v) is 6.17. The van der Waals surface area contributed by atoms with E-state index >= 15 is 0 Å². The van der Waals surface area contributed by atoms with E-state index in [4.69, 9.17) is 0 Å². The van der Waals surface area contributed by atoms with Gasteiger partial charge in [0, 0.05) is 22.6 Å². The van der Waals surface area contributed by atoms with Gasteiger partial charge >= 0.3 is 0 Å². The fourth-order valence-electron chi connectivity index (χ4n) is 2.29. The van der Waals surface area contributed by atoms with Gasteiger partial charge in [0.05, 0.1) is 6.54 Å². The van der Waals surface area contributed by atoms with Gasteiger partial charge in [-0.15, -0.1) is 0 Å². The number of hydrogen-bond donors (Lipinski definition) is 1. The fraction of sp³-hybridized carbons (Fsp3) is 0.267. The van der Waals surface area contributed by atoms with Crippen molar-refractivity contribution in [1.29, 1.82) is 0 Å². The average Bonchev–Trinajstić information content (AvgIpc) is 2.67. The molecule has 100 valence electrons. The number of ketones is 1. The molecule has 0 amide bonds. The molecule has 4 heteroatoms. The molecule has 0 aliphatic rings. The Labute approximate surface area is 112 Å². The van der Waals surface area contributed by atoms with Gasteiger partial charge in [0.25, 0.3) is 0 Å². The quantitative estimate of drug-likeness (QED) is 0.857. The SMILES string of the molecule is CNCC(=O)c1cc(C)n(-c2ccc(F)cc2)c1C. The summed E-state index contributed by atoms with van der Waals surface area (Å²) in [7, 11) is 1.75. The highest BCUT2D eigenvalue weighted by molar-refractivity contribution is 5.99. The van der Waals surface area contributed by atoms with E-state index in [2.05, 4.69) is 5.32 Å². The number of nitrogens with zero attached hydrogens (tertiary/aromatic N) is 1. The van der Waals surface area contributed by atoms with Gasteiger partial charge in [-0.05, 0) is 51.2 Å². The van der Waals surface area contributed by atoms with Crippen LogP contribution >= 0.6 is 0 Å². The van der Waals surface area contributed by atoms with Crippen LogP contribution in [0.4, 0.5) is 4.39 Å². The lowest BCUT2D eigenvalue weighted by molar-refractivity contribution is 0.0993. The molecular weight excluding hydrogens is 243 g/mol. The molecule has 0 fully saturated rings. The lowest BCUT2D eigenvalue weighted by atomic mass is 10.1. The van der Waals surface area contributed by atoms with Crippen molar-refractivity contribution < 1.29 is 9.18 Å². The summed E-state index contributed by atoms with van der Waals surface area (Å²) < 4.78 is 14.9. The summed E-state index contributed by atoms with van der Waals surface area (Å²) in [5.41, 5.74) is 3.41. The van der Waals surface area contributed by atoms with Crippen LogP contribution < -0.4 is 5.32 Å². The standard InChI is InChI=1S/C15H17FN2O/c1-10-8-14(15(19)9-17-3)11(2)18(10)13-6-4-12(16)5-7-13/h4-8,17H,9H2,1-3H3. The minimum absolute atomic E-state index is 0.0592. The number of carbonyl (C=O) groups is 1. The molecule has 3 nitrogen and oxygen atoms in total. The van der Waals surface area contributed by atoms with E-state index in [0.717, 1.165) is 17.1 Å². The van der Waals surface area contributed by atoms with Crippen LogP contribution in [0.3, 0.4) is 0 Å². The molecule has 0 aliphatic carbocycles.